The summed E-state index contributed by atoms with van der Waals surface area (Å²) in [7, 11) is 3.22. The quantitative estimate of drug-likeness (QED) is 0.918. The molecule has 0 atom stereocenters. The summed E-state index contributed by atoms with van der Waals surface area (Å²) >= 11 is 0. The summed E-state index contributed by atoms with van der Waals surface area (Å²) < 4.78 is 10.3. The van der Waals surface area contributed by atoms with Crippen LogP contribution in [0.15, 0.2) is 53.5 Å². The number of amidine groups is 1. The number of nitrogens with one attached hydrogen (secondary N) is 1. The Morgan fingerprint density at radius 3 is 2.12 bits per heavy atom. The van der Waals surface area contributed by atoms with Crippen molar-refractivity contribution >= 4 is 23.2 Å². The van der Waals surface area contributed by atoms with Crippen LogP contribution < -0.4 is 19.7 Å². The van der Waals surface area contributed by atoms with Crippen LogP contribution in [0.3, 0.4) is 0 Å². The highest BCUT2D eigenvalue weighted by Gasteiger charge is 2.23. The van der Waals surface area contributed by atoms with Gasteiger partial charge in [0.1, 0.15) is 17.3 Å². The highest BCUT2D eigenvalue weighted by atomic mass is 16.5. The van der Waals surface area contributed by atoms with Crippen molar-refractivity contribution < 1.29 is 14.3 Å². The molecule has 1 aliphatic rings. The third-order valence-electron chi connectivity index (χ3n) is 3.99. The van der Waals surface area contributed by atoms with E-state index in [1.807, 2.05) is 24.3 Å². The van der Waals surface area contributed by atoms with Gasteiger partial charge in [-0.25, -0.2) is 4.79 Å². The van der Waals surface area contributed by atoms with E-state index in [0.717, 1.165) is 42.4 Å². The third kappa shape index (κ3) is 3.91. The Labute approximate surface area is 147 Å². The first-order valence-electron chi connectivity index (χ1n) is 8.14. The monoisotopic (exact) mass is 339 g/mol. The number of carbonyl (C=O) groups excluding carboxylic acids is 1. The molecule has 0 saturated heterocycles. The van der Waals surface area contributed by atoms with Gasteiger partial charge in [-0.15, -0.1) is 0 Å². The second-order valence-electron chi connectivity index (χ2n) is 5.59. The zero-order valence-corrected chi connectivity index (χ0v) is 14.4. The first kappa shape index (κ1) is 16.8. The molecule has 1 N–H and O–H groups in total. The fourth-order valence-corrected chi connectivity index (χ4v) is 2.68. The van der Waals surface area contributed by atoms with Crippen LogP contribution >= 0.6 is 0 Å². The van der Waals surface area contributed by atoms with Crippen molar-refractivity contribution in [3.63, 3.8) is 0 Å². The van der Waals surface area contributed by atoms with E-state index in [-0.39, 0.29) is 6.03 Å². The number of urea groups is 1. The predicted octanol–water partition coefficient (Wildman–Crippen LogP) is 3.93. The van der Waals surface area contributed by atoms with Gasteiger partial charge in [-0.2, -0.15) is 0 Å². The molecule has 0 aromatic heterocycles. The minimum absolute atomic E-state index is 0.240. The molecule has 0 spiro atoms. The summed E-state index contributed by atoms with van der Waals surface area (Å²) in [5.41, 5.74) is 1.45. The van der Waals surface area contributed by atoms with Crippen molar-refractivity contribution in [1.82, 2.24) is 0 Å². The number of methoxy groups -OCH3 is 2. The number of hydrogen-bond acceptors (Lipinski definition) is 4. The minimum Gasteiger partial charge on any atom is -0.497 e. The lowest BCUT2D eigenvalue weighted by atomic mass is 10.2. The van der Waals surface area contributed by atoms with Gasteiger partial charge in [0.25, 0.3) is 0 Å². The largest absolute Gasteiger partial charge is 0.497 e. The van der Waals surface area contributed by atoms with Gasteiger partial charge in [0.15, 0.2) is 0 Å². The Hall–Kier alpha value is -3.02. The van der Waals surface area contributed by atoms with Crippen LogP contribution in [0.25, 0.3) is 0 Å². The van der Waals surface area contributed by atoms with Gasteiger partial charge in [0.2, 0.25) is 0 Å². The van der Waals surface area contributed by atoms with Crippen molar-refractivity contribution in [3.8, 4) is 11.5 Å². The molecular weight excluding hydrogens is 318 g/mol. The second kappa shape index (κ2) is 7.70. The summed E-state index contributed by atoms with van der Waals surface area (Å²) in [5, 5.41) is 2.92. The van der Waals surface area contributed by atoms with E-state index in [0.29, 0.717) is 5.69 Å². The van der Waals surface area contributed by atoms with E-state index in [1.165, 1.54) is 0 Å². The Morgan fingerprint density at radius 1 is 1.00 bits per heavy atom. The lowest BCUT2D eigenvalue weighted by Gasteiger charge is -2.23. The Balaban J connectivity index is 1.83. The van der Waals surface area contributed by atoms with Gasteiger partial charge < -0.3 is 14.8 Å². The van der Waals surface area contributed by atoms with Crippen LogP contribution in [0.1, 0.15) is 12.8 Å². The fraction of sp³-hybridized carbons (Fsp3) is 0.263. The van der Waals surface area contributed by atoms with Gasteiger partial charge in [-0.1, -0.05) is 0 Å². The molecule has 2 amide bonds. The lowest BCUT2D eigenvalue weighted by Crippen LogP contribution is -2.39. The number of rotatable bonds is 4. The molecule has 0 fully saturated rings. The highest BCUT2D eigenvalue weighted by Crippen LogP contribution is 2.24. The van der Waals surface area contributed by atoms with E-state index in [2.05, 4.69) is 10.3 Å². The van der Waals surface area contributed by atoms with E-state index < -0.39 is 0 Å². The van der Waals surface area contributed by atoms with E-state index in [9.17, 15) is 4.79 Å². The standard InChI is InChI=1S/C19H21N3O3/c1-24-16-9-5-14(6-10-16)21-19(23)22(18-4-3-13-20-18)15-7-11-17(25-2)12-8-15/h5-12H,3-4,13H2,1-2H3,(H,21,23). The second-order valence-corrected chi connectivity index (χ2v) is 5.59. The first-order valence-corrected chi connectivity index (χ1v) is 8.14. The summed E-state index contributed by atoms with van der Waals surface area (Å²) in [5.74, 6) is 2.26. The van der Waals surface area contributed by atoms with Gasteiger partial charge in [0, 0.05) is 18.7 Å². The summed E-state index contributed by atoms with van der Waals surface area (Å²) in [6.07, 6.45) is 1.74. The molecule has 2 aromatic carbocycles. The van der Waals surface area contributed by atoms with Gasteiger partial charge in [-0.05, 0) is 55.0 Å². The Bertz CT molecular complexity index is 754. The van der Waals surface area contributed by atoms with Crippen molar-refractivity contribution in [2.24, 2.45) is 4.99 Å². The molecule has 25 heavy (non-hydrogen) atoms. The maximum absolute atomic E-state index is 12.9. The van der Waals surface area contributed by atoms with Crippen molar-refractivity contribution in [2.75, 3.05) is 31.0 Å². The molecule has 6 heteroatoms. The maximum Gasteiger partial charge on any atom is 0.331 e. The van der Waals surface area contributed by atoms with Gasteiger partial charge in [0.05, 0.1) is 19.9 Å². The summed E-state index contributed by atoms with van der Waals surface area (Å²) in [6, 6.07) is 14.4. The zero-order chi connectivity index (χ0) is 17.6. The number of carbonyl (C=O) groups is 1. The molecule has 3 rings (SSSR count). The molecule has 0 aliphatic carbocycles. The van der Waals surface area contributed by atoms with Crippen LogP contribution in [0.5, 0.6) is 11.5 Å². The fourth-order valence-electron chi connectivity index (χ4n) is 2.68. The maximum atomic E-state index is 12.9. The van der Waals surface area contributed by atoms with Crippen molar-refractivity contribution in [1.29, 1.82) is 0 Å². The van der Waals surface area contributed by atoms with Gasteiger partial charge >= 0.3 is 6.03 Å². The molecule has 0 radical (unpaired) electrons. The van der Waals surface area contributed by atoms with Crippen molar-refractivity contribution in [2.45, 2.75) is 12.8 Å². The third-order valence-corrected chi connectivity index (χ3v) is 3.99. The molecule has 130 valence electrons. The molecule has 0 saturated carbocycles. The molecule has 1 heterocycles. The van der Waals surface area contributed by atoms with Crippen LogP contribution in [-0.2, 0) is 0 Å². The Morgan fingerprint density at radius 2 is 1.60 bits per heavy atom. The number of ether oxygens (including phenoxy) is 2. The number of hydrogen-bond donors (Lipinski definition) is 1. The molecule has 2 aromatic rings. The number of aliphatic imine (C=N–C) groups is 1. The molecule has 0 unspecified atom stereocenters. The molecule has 1 aliphatic heterocycles. The van der Waals surface area contributed by atoms with E-state index >= 15 is 0 Å². The summed E-state index contributed by atoms with van der Waals surface area (Å²) in [6.45, 7) is 0.748. The normalized spacial score (nSPS) is 13.1. The van der Waals surface area contributed by atoms with Crippen LogP contribution in [0.4, 0.5) is 16.2 Å². The molecule has 0 bridgehead atoms. The molecule has 6 nitrogen and oxygen atoms in total. The van der Waals surface area contributed by atoms with Crippen LogP contribution in [0.2, 0.25) is 0 Å². The SMILES string of the molecule is COc1ccc(NC(=O)N(C2=NCCC2)c2ccc(OC)cc2)cc1. The number of anilines is 2. The minimum atomic E-state index is -0.240. The zero-order valence-electron chi connectivity index (χ0n) is 14.4. The molecular formula is C19H21N3O3. The van der Waals surface area contributed by atoms with Crippen LogP contribution in [0, 0.1) is 0 Å². The summed E-state index contributed by atoms with van der Waals surface area (Å²) in [4.78, 5) is 19.0. The van der Waals surface area contributed by atoms with E-state index in [4.69, 9.17) is 9.47 Å². The van der Waals surface area contributed by atoms with Crippen LogP contribution in [-0.4, -0.2) is 32.6 Å². The average Bonchev–Trinajstić information content (AvgIpc) is 3.17. The topological polar surface area (TPSA) is 63.2 Å². The first-order chi connectivity index (χ1) is 12.2. The number of benzene rings is 2. The van der Waals surface area contributed by atoms with E-state index in [1.54, 1.807) is 43.4 Å². The Kier molecular flexibility index (Phi) is 5.18. The van der Waals surface area contributed by atoms with Gasteiger partial charge in [-0.3, -0.25) is 9.89 Å². The number of amides is 2. The average molecular weight is 339 g/mol. The lowest BCUT2D eigenvalue weighted by molar-refractivity contribution is 0.259. The smallest absolute Gasteiger partial charge is 0.331 e. The highest BCUT2D eigenvalue weighted by molar-refractivity contribution is 6.20. The van der Waals surface area contributed by atoms with Crippen molar-refractivity contribution in [3.05, 3.63) is 48.5 Å². The predicted molar refractivity (Wildman–Crippen MR) is 99.0 cm³/mol. The number of nitrogens with zero attached hydrogens (tertiary/aromatic N) is 2.